The minimum Gasteiger partial charge on any atom is -0.370 e. The van der Waals surface area contributed by atoms with Crippen molar-refractivity contribution < 1.29 is 4.79 Å². The van der Waals surface area contributed by atoms with Crippen LogP contribution < -0.4 is 10.6 Å². The lowest BCUT2D eigenvalue weighted by atomic mass is 10.2. The Kier molecular flexibility index (Phi) is 5.75. The molecule has 0 bridgehead atoms. The van der Waals surface area contributed by atoms with Crippen LogP contribution in [0.3, 0.4) is 0 Å². The van der Waals surface area contributed by atoms with Crippen LogP contribution in [0.25, 0.3) is 0 Å². The van der Waals surface area contributed by atoms with Gasteiger partial charge in [0.05, 0.1) is 0 Å². The van der Waals surface area contributed by atoms with Crippen molar-refractivity contribution >= 4 is 23.1 Å². The maximum atomic E-state index is 12.2. The molecule has 1 amide bonds. The Morgan fingerprint density at radius 1 is 1.33 bits per heavy atom. The van der Waals surface area contributed by atoms with Crippen molar-refractivity contribution in [3.05, 3.63) is 45.8 Å². The second-order valence-electron chi connectivity index (χ2n) is 4.95. The maximum absolute atomic E-state index is 12.2. The van der Waals surface area contributed by atoms with Crippen molar-refractivity contribution in [1.82, 2.24) is 10.3 Å². The highest BCUT2D eigenvalue weighted by atomic mass is 32.1. The third-order valence-electron chi connectivity index (χ3n) is 3.05. The van der Waals surface area contributed by atoms with Gasteiger partial charge in [0.2, 0.25) is 0 Å². The molecule has 0 aliphatic rings. The standard InChI is InChI=1S/C16H21N3OS/c1-3-6-17-15-10-14(9-12(2)19-15)16(20)18-7-4-13-5-8-21-11-13/h5,8-11H,3-4,6-7H2,1-2H3,(H,17,19)(H,18,20). The summed E-state index contributed by atoms with van der Waals surface area (Å²) in [6, 6.07) is 5.71. The number of nitrogens with zero attached hydrogens (tertiary/aromatic N) is 1. The van der Waals surface area contributed by atoms with Crippen LogP contribution >= 0.6 is 11.3 Å². The highest BCUT2D eigenvalue weighted by Gasteiger charge is 2.08. The third kappa shape index (κ3) is 4.86. The summed E-state index contributed by atoms with van der Waals surface area (Å²) in [5.74, 6) is 0.718. The number of hydrogen-bond acceptors (Lipinski definition) is 4. The Balaban J connectivity index is 1.93. The lowest BCUT2D eigenvalue weighted by molar-refractivity contribution is 0.0954. The monoisotopic (exact) mass is 303 g/mol. The highest BCUT2D eigenvalue weighted by Crippen LogP contribution is 2.11. The molecule has 0 fully saturated rings. The van der Waals surface area contributed by atoms with Crippen molar-refractivity contribution in [2.24, 2.45) is 0 Å². The van der Waals surface area contributed by atoms with Crippen LogP contribution in [0.1, 0.15) is 35.0 Å². The van der Waals surface area contributed by atoms with Gasteiger partial charge in [-0.2, -0.15) is 11.3 Å². The molecule has 2 aromatic rings. The van der Waals surface area contributed by atoms with E-state index in [1.807, 2.05) is 19.1 Å². The molecular formula is C16H21N3OS. The van der Waals surface area contributed by atoms with Gasteiger partial charge in [-0.1, -0.05) is 6.92 Å². The summed E-state index contributed by atoms with van der Waals surface area (Å²) >= 11 is 1.68. The molecule has 0 aliphatic heterocycles. The highest BCUT2D eigenvalue weighted by molar-refractivity contribution is 7.07. The van der Waals surface area contributed by atoms with Gasteiger partial charge in [0.1, 0.15) is 5.82 Å². The van der Waals surface area contributed by atoms with Gasteiger partial charge >= 0.3 is 0 Å². The molecule has 21 heavy (non-hydrogen) atoms. The predicted molar refractivity (Wildman–Crippen MR) is 88.1 cm³/mol. The summed E-state index contributed by atoms with van der Waals surface area (Å²) in [6.07, 6.45) is 1.89. The van der Waals surface area contributed by atoms with E-state index in [1.165, 1.54) is 5.56 Å². The fourth-order valence-electron chi connectivity index (χ4n) is 2.00. The molecule has 2 heterocycles. The molecule has 2 N–H and O–H groups in total. The van der Waals surface area contributed by atoms with Gasteiger partial charge in [0, 0.05) is 24.3 Å². The fraction of sp³-hybridized carbons (Fsp3) is 0.375. The van der Waals surface area contributed by atoms with Gasteiger partial charge in [0.15, 0.2) is 0 Å². The van der Waals surface area contributed by atoms with Crippen molar-refractivity contribution in [2.75, 3.05) is 18.4 Å². The van der Waals surface area contributed by atoms with E-state index < -0.39 is 0 Å². The Hall–Kier alpha value is -1.88. The molecule has 0 aliphatic carbocycles. The summed E-state index contributed by atoms with van der Waals surface area (Å²) in [5.41, 5.74) is 2.77. The van der Waals surface area contributed by atoms with E-state index in [1.54, 1.807) is 11.3 Å². The minimum absolute atomic E-state index is 0.0460. The summed E-state index contributed by atoms with van der Waals surface area (Å²) in [5, 5.41) is 10.3. The Labute approximate surface area is 129 Å². The summed E-state index contributed by atoms with van der Waals surface area (Å²) in [7, 11) is 0. The zero-order valence-electron chi connectivity index (χ0n) is 12.5. The number of hydrogen-bond donors (Lipinski definition) is 2. The average molecular weight is 303 g/mol. The fourth-order valence-corrected chi connectivity index (χ4v) is 2.70. The van der Waals surface area contributed by atoms with Gasteiger partial charge in [-0.3, -0.25) is 4.79 Å². The topological polar surface area (TPSA) is 54.0 Å². The quantitative estimate of drug-likeness (QED) is 0.825. The second kappa shape index (κ2) is 7.78. The van der Waals surface area contributed by atoms with Crippen molar-refractivity contribution in [3.8, 4) is 0 Å². The van der Waals surface area contributed by atoms with Gasteiger partial charge in [-0.25, -0.2) is 4.98 Å². The van der Waals surface area contributed by atoms with Crippen LogP contribution in [0.2, 0.25) is 0 Å². The number of nitrogens with one attached hydrogen (secondary N) is 2. The zero-order valence-corrected chi connectivity index (χ0v) is 13.3. The number of pyridine rings is 1. The van der Waals surface area contributed by atoms with Crippen LogP contribution in [0.4, 0.5) is 5.82 Å². The normalized spacial score (nSPS) is 10.4. The van der Waals surface area contributed by atoms with Crippen LogP contribution in [-0.2, 0) is 6.42 Å². The van der Waals surface area contributed by atoms with E-state index in [-0.39, 0.29) is 5.91 Å². The van der Waals surface area contributed by atoms with Crippen molar-refractivity contribution in [2.45, 2.75) is 26.7 Å². The van der Waals surface area contributed by atoms with Crippen LogP contribution in [-0.4, -0.2) is 24.0 Å². The van der Waals surface area contributed by atoms with Crippen molar-refractivity contribution in [3.63, 3.8) is 0 Å². The van der Waals surface area contributed by atoms with Crippen LogP contribution in [0.5, 0.6) is 0 Å². The Morgan fingerprint density at radius 2 is 2.19 bits per heavy atom. The van der Waals surface area contributed by atoms with E-state index in [0.717, 1.165) is 30.9 Å². The van der Waals surface area contributed by atoms with E-state index in [9.17, 15) is 4.79 Å². The predicted octanol–water partition coefficient (Wildman–Crippen LogP) is 3.25. The lowest BCUT2D eigenvalue weighted by Gasteiger charge is -2.09. The van der Waals surface area contributed by atoms with E-state index in [2.05, 4.69) is 39.4 Å². The number of thiophene rings is 1. The largest absolute Gasteiger partial charge is 0.370 e. The number of carbonyl (C=O) groups excluding carboxylic acids is 1. The molecular weight excluding hydrogens is 282 g/mol. The first-order valence-corrected chi connectivity index (χ1v) is 8.15. The van der Waals surface area contributed by atoms with Crippen LogP contribution in [0, 0.1) is 6.92 Å². The van der Waals surface area contributed by atoms with E-state index in [4.69, 9.17) is 0 Å². The molecule has 112 valence electrons. The number of aromatic nitrogens is 1. The molecule has 0 saturated heterocycles. The first-order chi connectivity index (χ1) is 10.2. The molecule has 0 saturated carbocycles. The van der Waals surface area contributed by atoms with E-state index in [0.29, 0.717) is 12.1 Å². The first kappa shape index (κ1) is 15.5. The molecule has 4 nitrogen and oxygen atoms in total. The number of rotatable bonds is 7. The number of carbonyl (C=O) groups is 1. The number of anilines is 1. The molecule has 2 aromatic heterocycles. The smallest absolute Gasteiger partial charge is 0.251 e. The van der Waals surface area contributed by atoms with E-state index >= 15 is 0 Å². The Morgan fingerprint density at radius 3 is 2.90 bits per heavy atom. The number of aryl methyl sites for hydroxylation is 1. The molecule has 5 heteroatoms. The Bertz CT molecular complexity index is 581. The molecule has 0 atom stereocenters. The van der Waals surface area contributed by atoms with Gasteiger partial charge in [-0.15, -0.1) is 0 Å². The third-order valence-corrected chi connectivity index (χ3v) is 3.78. The molecule has 0 aromatic carbocycles. The maximum Gasteiger partial charge on any atom is 0.251 e. The second-order valence-corrected chi connectivity index (χ2v) is 5.73. The molecule has 0 radical (unpaired) electrons. The summed E-state index contributed by atoms with van der Waals surface area (Å²) in [4.78, 5) is 16.6. The first-order valence-electron chi connectivity index (χ1n) is 7.21. The van der Waals surface area contributed by atoms with Gasteiger partial charge < -0.3 is 10.6 Å². The zero-order chi connectivity index (χ0) is 15.1. The number of amides is 1. The molecule has 0 unspecified atom stereocenters. The summed E-state index contributed by atoms with van der Waals surface area (Å²) in [6.45, 7) is 5.50. The van der Waals surface area contributed by atoms with Gasteiger partial charge in [-0.05, 0) is 54.3 Å². The molecule has 0 spiro atoms. The lowest BCUT2D eigenvalue weighted by Crippen LogP contribution is -2.26. The van der Waals surface area contributed by atoms with Gasteiger partial charge in [0.25, 0.3) is 5.91 Å². The summed E-state index contributed by atoms with van der Waals surface area (Å²) < 4.78 is 0. The average Bonchev–Trinajstić information content (AvgIpc) is 2.97. The minimum atomic E-state index is -0.0460. The van der Waals surface area contributed by atoms with Crippen molar-refractivity contribution in [1.29, 1.82) is 0 Å². The molecule has 2 rings (SSSR count). The van der Waals surface area contributed by atoms with Crippen LogP contribution in [0.15, 0.2) is 29.0 Å². The SMILES string of the molecule is CCCNc1cc(C(=O)NCCc2ccsc2)cc(C)n1.